The standard InChI is InChI=1S/C40H54N8O8/c1-5-12-28(32(49)37(53)43-25-17-18-25)44-34(50)27-22-48(39(55)56-26-15-10-7-11-16-26)23-30(27)45-38(54)33(40(2,3)4)47-36(52)31(24-13-8-6-9-14-24)46-35(51)29-21-41-19-20-42-29/h7,10-11,15-16,19-21,24-25,27-28,30-31,33H,5-6,8-9,12-14,17-18,22-23H2,1-4H3,(H,43,53)(H,44,50)(H,45,54)(H,46,51)(H,47,52)/t27-,28+,30+,31+,33-/m1/s1. The Morgan fingerprint density at radius 3 is 2.20 bits per heavy atom. The van der Waals surface area contributed by atoms with E-state index in [1.54, 1.807) is 51.1 Å². The minimum Gasteiger partial charge on any atom is -0.410 e. The van der Waals surface area contributed by atoms with Crippen molar-refractivity contribution in [3.05, 3.63) is 54.6 Å². The van der Waals surface area contributed by atoms with Gasteiger partial charge in [0.2, 0.25) is 23.5 Å². The maximum Gasteiger partial charge on any atom is 0.415 e. The lowest BCUT2D eigenvalue weighted by molar-refractivity contribution is -0.140. The Balaban J connectivity index is 1.35. The molecule has 3 aliphatic rings. The second kappa shape index (κ2) is 19.0. The number of hydrogen-bond donors (Lipinski definition) is 5. The molecule has 0 bridgehead atoms. The van der Waals surface area contributed by atoms with Gasteiger partial charge in [0.15, 0.2) is 0 Å². The first kappa shape index (κ1) is 41.7. The molecule has 1 aliphatic heterocycles. The highest BCUT2D eigenvalue weighted by atomic mass is 16.6. The van der Waals surface area contributed by atoms with Gasteiger partial charge in [0.05, 0.1) is 24.2 Å². The van der Waals surface area contributed by atoms with Gasteiger partial charge < -0.3 is 36.2 Å². The number of amides is 6. The summed E-state index contributed by atoms with van der Waals surface area (Å²) in [5.74, 6) is -4.80. The second-order valence-corrected chi connectivity index (χ2v) is 16.0. The van der Waals surface area contributed by atoms with Crippen LogP contribution in [0, 0.1) is 17.3 Å². The van der Waals surface area contributed by atoms with Crippen LogP contribution in [0.3, 0.4) is 0 Å². The summed E-state index contributed by atoms with van der Waals surface area (Å²) in [7, 11) is 0. The Hall–Kier alpha value is -5.41. The third-order valence-electron chi connectivity index (χ3n) is 10.4. The number of ether oxygens (including phenoxy) is 1. The third kappa shape index (κ3) is 11.3. The Bertz CT molecular complexity index is 1730. The number of rotatable bonds is 15. The molecule has 3 fully saturated rings. The van der Waals surface area contributed by atoms with Crippen LogP contribution in [0.15, 0.2) is 48.9 Å². The number of carbonyl (C=O) groups excluding carboxylic acids is 7. The summed E-state index contributed by atoms with van der Waals surface area (Å²) in [6.45, 7) is 6.89. The average Bonchev–Trinajstić information content (AvgIpc) is 3.90. The van der Waals surface area contributed by atoms with Gasteiger partial charge in [-0.25, -0.2) is 9.78 Å². The molecule has 6 amide bonds. The highest BCUT2D eigenvalue weighted by Crippen LogP contribution is 2.29. The molecule has 16 heteroatoms. The van der Waals surface area contributed by atoms with E-state index in [9.17, 15) is 33.6 Å². The number of benzene rings is 1. The fourth-order valence-corrected chi connectivity index (χ4v) is 7.17. The minimum absolute atomic E-state index is 0.0494. The van der Waals surface area contributed by atoms with Crippen LogP contribution >= 0.6 is 0 Å². The molecule has 0 spiro atoms. The predicted octanol–water partition coefficient (Wildman–Crippen LogP) is 2.43. The van der Waals surface area contributed by atoms with Crippen molar-refractivity contribution in [3.63, 3.8) is 0 Å². The molecule has 1 aromatic heterocycles. The van der Waals surface area contributed by atoms with Crippen molar-refractivity contribution < 1.29 is 38.3 Å². The Morgan fingerprint density at radius 1 is 0.857 bits per heavy atom. The molecule has 0 radical (unpaired) electrons. The summed E-state index contributed by atoms with van der Waals surface area (Å²) in [5, 5.41) is 14.0. The third-order valence-corrected chi connectivity index (χ3v) is 10.4. The number of carbonyl (C=O) groups is 7. The number of likely N-dealkylation sites (tertiary alicyclic amines) is 1. The number of nitrogens with one attached hydrogen (secondary N) is 5. The van der Waals surface area contributed by atoms with Gasteiger partial charge in [-0.15, -0.1) is 0 Å². The van der Waals surface area contributed by atoms with Crippen molar-refractivity contribution in [2.75, 3.05) is 13.1 Å². The first-order valence-electron chi connectivity index (χ1n) is 19.6. The van der Waals surface area contributed by atoms with Crippen molar-refractivity contribution in [1.29, 1.82) is 0 Å². The van der Waals surface area contributed by atoms with E-state index in [1.807, 2.05) is 6.92 Å². The van der Waals surface area contributed by atoms with Crippen LogP contribution in [0.4, 0.5) is 4.79 Å². The van der Waals surface area contributed by atoms with E-state index in [4.69, 9.17) is 4.74 Å². The highest BCUT2D eigenvalue weighted by molar-refractivity contribution is 6.38. The van der Waals surface area contributed by atoms with Gasteiger partial charge >= 0.3 is 6.09 Å². The van der Waals surface area contributed by atoms with E-state index < -0.39 is 76.9 Å². The zero-order chi connectivity index (χ0) is 40.4. The molecule has 2 heterocycles. The van der Waals surface area contributed by atoms with E-state index in [-0.39, 0.29) is 42.9 Å². The molecule has 1 aromatic carbocycles. The van der Waals surface area contributed by atoms with Crippen LogP contribution in [-0.4, -0.2) is 99.6 Å². The van der Waals surface area contributed by atoms with Crippen molar-refractivity contribution in [2.24, 2.45) is 17.3 Å². The van der Waals surface area contributed by atoms with Crippen LogP contribution in [0.2, 0.25) is 0 Å². The van der Waals surface area contributed by atoms with E-state index in [0.29, 0.717) is 19.3 Å². The summed E-state index contributed by atoms with van der Waals surface area (Å²) >= 11 is 0. The summed E-state index contributed by atoms with van der Waals surface area (Å²) < 4.78 is 5.55. The minimum atomic E-state index is -1.14. The van der Waals surface area contributed by atoms with Gasteiger partial charge in [-0.3, -0.25) is 33.8 Å². The first-order valence-corrected chi connectivity index (χ1v) is 19.6. The fraction of sp³-hybridized carbons (Fsp3) is 0.575. The van der Waals surface area contributed by atoms with Crippen molar-refractivity contribution in [1.82, 2.24) is 41.5 Å². The second-order valence-electron chi connectivity index (χ2n) is 16.0. The Labute approximate surface area is 327 Å². The molecule has 5 rings (SSSR count). The van der Waals surface area contributed by atoms with Gasteiger partial charge in [0.25, 0.3) is 11.8 Å². The largest absolute Gasteiger partial charge is 0.415 e. The van der Waals surface area contributed by atoms with Gasteiger partial charge in [-0.05, 0) is 55.6 Å². The lowest BCUT2D eigenvalue weighted by Crippen LogP contribution is -2.61. The number of nitrogens with zero attached hydrogens (tertiary/aromatic N) is 3. The molecule has 2 aliphatic carbocycles. The normalized spacial score (nSPS) is 20.1. The maximum atomic E-state index is 14.3. The molecule has 5 N–H and O–H groups in total. The van der Waals surface area contributed by atoms with E-state index >= 15 is 0 Å². The van der Waals surface area contributed by atoms with Gasteiger partial charge in [0.1, 0.15) is 23.5 Å². The summed E-state index contributed by atoms with van der Waals surface area (Å²) in [4.78, 5) is 104. The molecule has 1 saturated heterocycles. The quantitative estimate of drug-likeness (QED) is 0.167. The molecular formula is C40H54N8O8. The Morgan fingerprint density at radius 2 is 1.57 bits per heavy atom. The van der Waals surface area contributed by atoms with Gasteiger partial charge in [-0.1, -0.05) is 71.6 Å². The zero-order valence-corrected chi connectivity index (χ0v) is 32.5. The monoisotopic (exact) mass is 774 g/mol. The Kier molecular flexibility index (Phi) is 14.1. The van der Waals surface area contributed by atoms with E-state index in [1.165, 1.54) is 23.5 Å². The van der Waals surface area contributed by atoms with E-state index in [0.717, 1.165) is 32.1 Å². The number of ketones is 1. The molecule has 302 valence electrons. The predicted molar refractivity (Wildman–Crippen MR) is 204 cm³/mol. The summed E-state index contributed by atoms with van der Waals surface area (Å²) in [5.41, 5.74) is -0.791. The lowest BCUT2D eigenvalue weighted by atomic mass is 9.82. The number of hydrogen-bond acceptors (Lipinski definition) is 10. The summed E-state index contributed by atoms with van der Waals surface area (Å²) in [6, 6.07) is 4.19. The SMILES string of the molecule is CCC[C@H](NC(=O)[C@@H]1CN(C(=O)Oc2ccccc2)C[C@@H]1NC(=O)[C@@H](NC(=O)[C@@H](NC(=O)c1cnccn1)C1CCCCC1)C(C)(C)C)C(=O)C(=O)NC1CC1. The van der Waals surface area contributed by atoms with Crippen LogP contribution < -0.4 is 31.3 Å². The first-order chi connectivity index (χ1) is 26.7. The maximum absolute atomic E-state index is 14.3. The highest BCUT2D eigenvalue weighted by Gasteiger charge is 2.45. The lowest BCUT2D eigenvalue weighted by Gasteiger charge is -2.35. The smallest absolute Gasteiger partial charge is 0.410 e. The molecule has 16 nitrogen and oxygen atoms in total. The molecule has 2 aromatic rings. The average molecular weight is 775 g/mol. The van der Waals surface area contributed by atoms with Gasteiger partial charge in [0, 0.05) is 31.5 Å². The zero-order valence-electron chi connectivity index (χ0n) is 32.5. The molecule has 56 heavy (non-hydrogen) atoms. The molecular weight excluding hydrogens is 720 g/mol. The van der Waals surface area contributed by atoms with Crippen LogP contribution in [0.25, 0.3) is 0 Å². The van der Waals surface area contributed by atoms with Crippen molar-refractivity contribution >= 4 is 41.4 Å². The van der Waals surface area contributed by atoms with E-state index in [2.05, 4.69) is 36.6 Å². The summed E-state index contributed by atoms with van der Waals surface area (Å²) in [6.07, 6.45) is 9.90. The topological polar surface area (TPSA) is 218 Å². The van der Waals surface area contributed by atoms with Crippen molar-refractivity contribution in [3.8, 4) is 5.75 Å². The fourth-order valence-electron chi connectivity index (χ4n) is 7.17. The van der Waals surface area contributed by atoms with Crippen LogP contribution in [0.1, 0.15) is 96.0 Å². The molecule has 0 unspecified atom stereocenters. The number of aromatic nitrogens is 2. The van der Waals surface area contributed by atoms with Crippen LogP contribution in [0.5, 0.6) is 5.75 Å². The van der Waals surface area contributed by atoms with Crippen molar-refractivity contribution in [2.45, 2.75) is 116 Å². The van der Waals surface area contributed by atoms with Gasteiger partial charge in [-0.2, -0.15) is 0 Å². The number of Topliss-reactive ketones (excluding diaryl/α,β-unsaturated/α-hetero) is 1. The molecule has 2 saturated carbocycles. The van der Waals surface area contributed by atoms with Crippen LogP contribution in [-0.2, 0) is 24.0 Å². The number of para-hydroxylation sites is 1. The molecule has 5 atom stereocenters.